The molecule has 0 aliphatic carbocycles. The number of carboxylic acids is 1. The minimum atomic E-state index is -0.886. The van der Waals surface area contributed by atoms with Gasteiger partial charge in [0.2, 0.25) is 5.91 Å². The van der Waals surface area contributed by atoms with Gasteiger partial charge in [-0.1, -0.05) is 0 Å². The molecule has 0 aromatic rings. The number of rotatable bonds is 7. The molecule has 0 bridgehead atoms. The fourth-order valence-electron chi connectivity index (χ4n) is 1.14. The molecule has 0 saturated carbocycles. The Labute approximate surface area is 94.8 Å². The van der Waals surface area contributed by atoms with Gasteiger partial charge in [-0.3, -0.25) is 14.5 Å². The summed E-state index contributed by atoms with van der Waals surface area (Å²) in [4.78, 5) is 23.5. The fraction of sp³-hybridized carbons (Fsp3) is 0.700. The lowest BCUT2D eigenvalue weighted by molar-refractivity contribution is -0.138. The Morgan fingerprint density at radius 1 is 1.50 bits per heavy atom. The van der Waals surface area contributed by atoms with Crippen LogP contribution in [-0.4, -0.2) is 47.6 Å². The molecular weight excluding hydrogens is 210 g/mol. The number of carbonyl (C=O) groups is 2. The van der Waals surface area contributed by atoms with Gasteiger partial charge < -0.3 is 10.4 Å². The monoisotopic (exact) mass is 227 g/mol. The zero-order valence-corrected chi connectivity index (χ0v) is 9.56. The highest BCUT2D eigenvalue weighted by Gasteiger charge is 2.14. The Kier molecular flexibility index (Phi) is 6.88. The van der Waals surface area contributed by atoms with E-state index in [-0.39, 0.29) is 31.5 Å². The topological polar surface area (TPSA) is 93.4 Å². The van der Waals surface area contributed by atoms with Crippen LogP contribution in [0.3, 0.4) is 0 Å². The first-order valence-electron chi connectivity index (χ1n) is 5.07. The summed E-state index contributed by atoms with van der Waals surface area (Å²) in [5.41, 5.74) is 0. The molecule has 0 heterocycles. The van der Waals surface area contributed by atoms with Crippen LogP contribution in [0.25, 0.3) is 0 Å². The highest BCUT2D eigenvalue weighted by atomic mass is 16.4. The minimum Gasteiger partial charge on any atom is -0.481 e. The summed E-state index contributed by atoms with van der Waals surface area (Å²) in [5.74, 6) is -1.15. The maximum Gasteiger partial charge on any atom is 0.304 e. The number of nitriles is 1. The number of amides is 1. The quantitative estimate of drug-likeness (QED) is 0.588. The van der Waals surface area contributed by atoms with E-state index < -0.39 is 5.97 Å². The van der Waals surface area contributed by atoms with Gasteiger partial charge in [0.25, 0.3) is 0 Å². The molecule has 6 heteroatoms. The molecule has 0 saturated heterocycles. The van der Waals surface area contributed by atoms with Crippen LogP contribution in [-0.2, 0) is 9.59 Å². The van der Waals surface area contributed by atoms with Crippen LogP contribution in [0.4, 0.5) is 0 Å². The maximum atomic E-state index is 11.3. The largest absolute Gasteiger partial charge is 0.481 e. The van der Waals surface area contributed by atoms with Crippen LogP contribution in [0, 0.1) is 11.3 Å². The molecule has 16 heavy (non-hydrogen) atoms. The Morgan fingerprint density at radius 3 is 2.56 bits per heavy atom. The Balaban J connectivity index is 4.08. The van der Waals surface area contributed by atoms with E-state index in [9.17, 15) is 9.59 Å². The molecular formula is C10H17N3O3. The standard InChI is InChI=1S/C10H17N3O3/c1-8(2)13(6-3-10(15)16)7-9(14)12-5-4-11/h8H,3,5-7H2,1-2H3,(H,12,14)(H,15,16). The molecule has 6 nitrogen and oxygen atoms in total. The highest BCUT2D eigenvalue weighted by molar-refractivity contribution is 5.78. The van der Waals surface area contributed by atoms with Crippen LogP contribution in [0.1, 0.15) is 20.3 Å². The van der Waals surface area contributed by atoms with E-state index in [1.165, 1.54) is 0 Å². The lowest BCUT2D eigenvalue weighted by Gasteiger charge is -2.24. The molecule has 0 unspecified atom stereocenters. The van der Waals surface area contributed by atoms with E-state index in [2.05, 4.69) is 5.32 Å². The number of hydrogen-bond donors (Lipinski definition) is 2. The molecule has 0 spiro atoms. The van der Waals surface area contributed by atoms with Crippen LogP contribution in [0.5, 0.6) is 0 Å². The van der Waals surface area contributed by atoms with Crippen molar-refractivity contribution >= 4 is 11.9 Å². The van der Waals surface area contributed by atoms with Gasteiger partial charge in [0.15, 0.2) is 0 Å². The molecule has 0 aliphatic heterocycles. The molecule has 2 N–H and O–H groups in total. The van der Waals surface area contributed by atoms with Crippen molar-refractivity contribution in [2.45, 2.75) is 26.3 Å². The van der Waals surface area contributed by atoms with Gasteiger partial charge in [0, 0.05) is 12.6 Å². The van der Waals surface area contributed by atoms with Crippen LogP contribution < -0.4 is 5.32 Å². The number of carboxylic acid groups (broad SMARTS) is 1. The average molecular weight is 227 g/mol. The van der Waals surface area contributed by atoms with E-state index in [4.69, 9.17) is 10.4 Å². The van der Waals surface area contributed by atoms with E-state index in [1.807, 2.05) is 13.8 Å². The SMILES string of the molecule is CC(C)N(CCC(=O)O)CC(=O)NCC#N. The predicted molar refractivity (Wildman–Crippen MR) is 57.6 cm³/mol. The summed E-state index contributed by atoms with van der Waals surface area (Å²) in [6.07, 6.45) is 0.00368. The van der Waals surface area contributed by atoms with E-state index >= 15 is 0 Å². The minimum absolute atomic E-state index is 0.00368. The number of nitrogens with zero attached hydrogens (tertiary/aromatic N) is 2. The first kappa shape index (κ1) is 14.4. The van der Waals surface area contributed by atoms with Crippen molar-refractivity contribution in [3.05, 3.63) is 0 Å². The highest BCUT2D eigenvalue weighted by Crippen LogP contribution is 1.99. The van der Waals surface area contributed by atoms with Crippen molar-refractivity contribution in [3.8, 4) is 6.07 Å². The lowest BCUT2D eigenvalue weighted by atomic mass is 10.2. The summed E-state index contributed by atoms with van der Waals surface area (Å²) in [7, 11) is 0. The molecule has 0 aliphatic rings. The van der Waals surface area contributed by atoms with Gasteiger partial charge >= 0.3 is 5.97 Å². The number of aliphatic carboxylic acids is 1. The Bertz CT molecular complexity index is 284. The van der Waals surface area contributed by atoms with Gasteiger partial charge in [-0.2, -0.15) is 5.26 Å². The molecule has 0 radical (unpaired) electrons. The molecule has 0 aromatic heterocycles. The number of nitrogens with one attached hydrogen (secondary N) is 1. The summed E-state index contributed by atoms with van der Waals surface area (Å²) >= 11 is 0. The van der Waals surface area contributed by atoms with E-state index in [0.29, 0.717) is 6.54 Å². The number of hydrogen-bond acceptors (Lipinski definition) is 4. The first-order valence-corrected chi connectivity index (χ1v) is 5.07. The molecule has 0 rings (SSSR count). The molecule has 0 aromatic carbocycles. The van der Waals surface area contributed by atoms with Crippen molar-refractivity contribution in [2.75, 3.05) is 19.6 Å². The van der Waals surface area contributed by atoms with Crippen molar-refractivity contribution in [1.29, 1.82) is 5.26 Å². The second-order valence-electron chi connectivity index (χ2n) is 3.64. The Morgan fingerprint density at radius 2 is 2.12 bits per heavy atom. The van der Waals surface area contributed by atoms with Crippen LogP contribution in [0.2, 0.25) is 0 Å². The smallest absolute Gasteiger partial charge is 0.304 e. The summed E-state index contributed by atoms with van der Waals surface area (Å²) in [6, 6.07) is 1.90. The van der Waals surface area contributed by atoms with E-state index in [0.717, 1.165) is 0 Å². The van der Waals surface area contributed by atoms with Crippen LogP contribution in [0.15, 0.2) is 0 Å². The average Bonchev–Trinajstić information content (AvgIpc) is 2.20. The third kappa shape index (κ3) is 6.79. The second kappa shape index (κ2) is 7.65. The van der Waals surface area contributed by atoms with Crippen molar-refractivity contribution in [3.63, 3.8) is 0 Å². The zero-order valence-electron chi connectivity index (χ0n) is 9.56. The predicted octanol–water partition coefficient (Wildman–Crippen LogP) is -0.189. The van der Waals surface area contributed by atoms with Gasteiger partial charge in [-0.05, 0) is 13.8 Å². The second-order valence-corrected chi connectivity index (χ2v) is 3.64. The zero-order chi connectivity index (χ0) is 12.6. The summed E-state index contributed by atoms with van der Waals surface area (Å²) < 4.78 is 0. The van der Waals surface area contributed by atoms with Gasteiger partial charge in [0.1, 0.15) is 6.54 Å². The molecule has 0 atom stereocenters. The van der Waals surface area contributed by atoms with Crippen LogP contribution >= 0.6 is 0 Å². The molecule has 0 fully saturated rings. The third-order valence-electron chi connectivity index (χ3n) is 2.05. The number of carbonyl (C=O) groups excluding carboxylic acids is 1. The molecule has 1 amide bonds. The van der Waals surface area contributed by atoms with Gasteiger partial charge in [-0.25, -0.2) is 0 Å². The van der Waals surface area contributed by atoms with Crippen molar-refractivity contribution in [2.24, 2.45) is 0 Å². The van der Waals surface area contributed by atoms with E-state index in [1.54, 1.807) is 11.0 Å². The summed E-state index contributed by atoms with van der Waals surface area (Å²) in [6.45, 7) is 4.20. The first-order chi connectivity index (χ1) is 7.47. The van der Waals surface area contributed by atoms with Gasteiger partial charge in [0.05, 0.1) is 19.0 Å². The normalized spacial score (nSPS) is 10.2. The maximum absolute atomic E-state index is 11.3. The van der Waals surface area contributed by atoms with Gasteiger partial charge in [-0.15, -0.1) is 0 Å². The molecule has 90 valence electrons. The van der Waals surface area contributed by atoms with Crippen molar-refractivity contribution in [1.82, 2.24) is 10.2 Å². The Hall–Kier alpha value is -1.61. The third-order valence-corrected chi connectivity index (χ3v) is 2.05. The lowest BCUT2D eigenvalue weighted by Crippen LogP contribution is -2.41. The van der Waals surface area contributed by atoms with Crippen molar-refractivity contribution < 1.29 is 14.7 Å². The fourth-order valence-corrected chi connectivity index (χ4v) is 1.14. The summed E-state index contributed by atoms with van der Waals surface area (Å²) in [5, 5.41) is 19.2.